The van der Waals surface area contributed by atoms with Gasteiger partial charge in [0.1, 0.15) is 0 Å². The van der Waals surface area contributed by atoms with Crippen LogP contribution in [0, 0.1) is 0 Å². The van der Waals surface area contributed by atoms with E-state index in [-0.39, 0.29) is 12.3 Å². The summed E-state index contributed by atoms with van der Waals surface area (Å²) in [6.07, 6.45) is 0. The Kier molecular flexibility index (Phi) is 4.97. The fraction of sp³-hybridized carbons (Fsp3) is 0.500. The minimum absolute atomic E-state index is 0.292. The second kappa shape index (κ2) is 5.57. The van der Waals surface area contributed by atoms with Crippen LogP contribution in [0.25, 0.3) is 10.4 Å². The van der Waals surface area contributed by atoms with Crippen molar-refractivity contribution >= 4 is 22.8 Å². The number of hydrogen-bond acceptors (Lipinski definition) is 4. The van der Waals surface area contributed by atoms with E-state index in [1.807, 2.05) is 0 Å². The number of aliphatic carboxylic acids is 1. The van der Waals surface area contributed by atoms with Crippen molar-refractivity contribution in [1.29, 1.82) is 0 Å². The molecule has 0 heterocycles. The third-order valence-corrected chi connectivity index (χ3v) is 1.46. The van der Waals surface area contributed by atoms with Gasteiger partial charge in [-0.1, -0.05) is 16.9 Å². The zero-order chi connectivity index (χ0) is 8.69. The first-order valence-corrected chi connectivity index (χ1v) is 3.53. The lowest BCUT2D eigenvalue weighted by Crippen LogP contribution is -2.04. The SMILES string of the molecule is [N-]=[N+]=NCC(=O)SCC(=O)O. The van der Waals surface area contributed by atoms with Crippen LogP contribution in [0.1, 0.15) is 0 Å². The van der Waals surface area contributed by atoms with Gasteiger partial charge >= 0.3 is 5.97 Å². The number of carbonyl (C=O) groups is 2. The van der Waals surface area contributed by atoms with Crippen molar-refractivity contribution in [2.45, 2.75) is 0 Å². The summed E-state index contributed by atoms with van der Waals surface area (Å²) >= 11 is 0.621. The molecular formula is C4H5N3O3S. The van der Waals surface area contributed by atoms with Gasteiger partial charge in [-0.2, -0.15) is 0 Å². The Morgan fingerprint density at radius 2 is 2.27 bits per heavy atom. The molecule has 11 heavy (non-hydrogen) atoms. The third kappa shape index (κ3) is 6.69. The van der Waals surface area contributed by atoms with Crippen molar-refractivity contribution in [2.24, 2.45) is 5.11 Å². The van der Waals surface area contributed by atoms with Gasteiger partial charge in [-0.3, -0.25) is 9.59 Å². The van der Waals surface area contributed by atoms with Gasteiger partial charge in [0, 0.05) is 4.91 Å². The van der Waals surface area contributed by atoms with E-state index < -0.39 is 11.1 Å². The summed E-state index contributed by atoms with van der Waals surface area (Å²) in [6, 6.07) is 0. The molecule has 0 aliphatic carbocycles. The fourth-order valence-electron chi connectivity index (χ4n) is 0.277. The van der Waals surface area contributed by atoms with Crippen molar-refractivity contribution in [3.8, 4) is 0 Å². The van der Waals surface area contributed by atoms with Gasteiger partial charge in [0.25, 0.3) is 0 Å². The Balaban J connectivity index is 3.53. The second-order valence-electron chi connectivity index (χ2n) is 1.44. The second-order valence-corrected chi connectivity index (χ2v) is 2.48. The maximum Gasteiger partial charge on any atom is 0.313 e. The standard InChI is InChI=1S/C4H5N3O3S/c5-7-6-1-4(10)11-2-3(8)9/h1-2H2,(H,8,9). The fourth-order valence-corrected chi connectivity index (χ4v) is 0.711. The molecule has 0 saturated carbocycles. The molecule has 7 heteroatoms. The summed E-state index contributed by atoms with van der Waals surface area (Å²) in [7, 11) is 0. The smallest absolute Gasteiger partial charge is 0.313 e. The van der Waals surface area contributed by atoms with E-state index in [9.17, 15) is 9.59 Å². The van der Waals surface area contributed by atoms with Gasteiger partial charge in [0.05, 0.1) is 12.3 Å². The zero-order valence-electron chi connectivity index (χ0n) is 5.43. The summed E-state index contributed by atoms with van der Waals surface area (Å²) in [6.45, 7) is -0.297. The van der Waals surface area contributed by atoms with Gasteiger partial charge in [-0.05, 0) is 5.53 Å². The summed E-state index contributed by atoms with van der Waals surface area (Å²) in [5.41, 5.74) is 7.77. The van der Waals surface area contributed by atoms with Crippen molar-refractivity contribution in [3.05, 3.63) is 10.4 Å². The van der Waals surface area contributed by atoms with Gasteiger partial charge in [-0.25, -0.2) is 0 Å². The molecule has 0 spiro atoms. The molecule has 0 saturated heterocycles. The molecule has 0 aromatic rings. The van der Waals surface area contributed by atoms with Crippen LogP contribution < -0.4 is 0 Å². The molecule has 0 rings (SSSR count). The van der Waals surface area contributed by atoms with Gasteiger partial charge in [0.15, 0.2) is 5.12 Å². The van der Waals surface area contributed by atoms with E-state index in [1.165, 1.54) is 0 Å². The molecule has 0 fully saturated rings. The van der Waals surface area contributed by atoms with Crippen molar-refractivity contribution < 1.29 is 14.7 Å². The van der Waals surface area contributed by atoms with Crippen LogP contribution in [0.2, 0.25) is 0 Å². The Morgan fingerprint density at radius 1 is 1.64 bits per heavy atom. The molecule has 0 radical (unpaired) electrons. The summed E-state index contributed by atoms with van der Waals surface area (Å²) in [5.74, 6) is -1.36. The molecule has 0 aromatic heterocycles. The van der Waals surface area contributed by atoms with E-state index in [1.54, 1.807) is 0 Å². The van der Waals surface area contributed by atoms with Crippen LogP contribution in [-0.4, -0.2) is 28.5 Å². The quantitative estimate of drug-likeness (QED) is 0.384. The lowest BCUT2D eigenvalue weighted by molar-refractivity contribution is -0.134. The van der Waals surface area contributed by atoms with Gasteiger partial charge in [-0.15, -0.1) is 0 Å². The molecule has 0 atom stereocenters. The van der Waals surface area contributed by atoms with Crippen molar-refractivity contribution in [1.82, 2.24) is 0 Å². The molecule has 0 aliphatic rings. The number of rotatable bonds is 4. The summed E-state index contributed by atoms with van der Waals surface area (Å²) < 4.78 is 0. The molecule has 0 unspecified atom stereocenters. The molecule has 0 bridgehead atoms. The monoisotopic (exact) mass is 175 g/mol. The van der Waals surface area contributed by atoms with Crippen LogP contribution in [0.4, 0.5) is 0 Å². The van der Waals surface area contributed by atoms with Crippen LogP contribution in [0.15, 0.2) is 5.11 Å². The Bertz CT molecular complexity index is 211. The highest BCUT2D eigenvalue weighted by molar-refractivity contribution is 8.14. The van der Waals surface area contributed by atoms with Crippen molar-refractivity contribution in [3.63, 3.8) is 0 Å². The molecular weight excluding hydrogens is 170 g/mol. The average molecular weight is 175 g/mol. The summed E-state index contributed by atoms with van der Waals surface area (Å²) in [5, 5.41) is 10.6. The first-order valence-electron chi connectivity index (χ1n) is 2.55. The van der Waals surface area contributed by atoms with E-state index >= 15 is 0 Å². The van der Waals surface area contributed by atoms with Crippen LogP contribution in [0.3, 0.4) is 0 Å². The third-order valence-electron chi connectivity index (χ3n) is 0.620. The zero-order valence-corrected chi connectivity index (χ0v) is 6.24. The lowest BCUT2D eigenvalue weighted by Gasteiger charge is -1.90. The minimum Gasteiger partial charge on any atom is -0.481 e. The highest BCUT2D eigenvalue weighted by atomic mass is 32.2. The maximum absolute atomic E-state index is 10.5. The topological polar surface area (TPSA) is 103 Å². The maximum atomic E-state index is 10.5. The van der Waals surface area contributed by atoms with E-state index in [0.717, 1.165) is 0 Å². The lowest BCUT2D eigenvalue weighted by atomic mass is 10.8. The van der Waals surface area contributed by atoms with Crippen LogP contribution >= 0.6 is 11.8 Å². The van der Waals surface area contributed by atoms with Crippen LogP contribution in [0.5, 0.6) is 0 Å². The van der Waals surface area contributed by atoms with Crippen LogP contribution in [-0.2, 0) is 9.59 Å². The van der Waals surface area contributed by atoms with E-state index in [4.69, 9.17) is 10.6 Å². The molecule has 0 aromatic carbocycles. The number of carboxylic acid groups (broad SMARTS) is 1. The first kappa shape index (κ1) is 9.80. The number of hydrogen-bond donors (Lipinski definition) is 1. The molecule has 1 N–H and O–H groups in total. The van der Waals surface area contributed by atoms with Gasteiger partial charge in [0.2, 0.25) is 0 Å². The number of thioether (sulfide) groups is 1. The van der Waals surface area contributed by atoms with E-state index in [2.05, 4.69) is 10.0 Å². The molecule has 60 valence electrons. The number of azide groups is 1. The highest BCUT2D eigenvalue weighted by Gasteiger charge is 2.03. The normalized spacial score (nSPS) is 8.36. The first-order chi connectivity index (χ1) is 5.16. The predicted octanol–water partition coefficient (Wildman–Crippen LogP) is 0.641. The van der Waals surface area contributed by atoms with Gasteiger partial charge < -0.3 is 5.11 Å². The number of carboxylic acids is 1. The number of carbonyl (C=O) groups excluding carboxylic acids is 1. The molecule has 0 aliphatic heterocycles. The largest absolute Gasteiger partial charge is 0.481 e. The van der Waals surface area contributed by atoms with Crippen molar-refractivity contribution in [2.75, 3.05) is 12.3 Å². The summed E-state index contributed by atoms with van der Waals surface area (Å²) in [4.78, 5) is 22.8. The average Bonchev–Trinajstić information content (AvgIpc) is 1.97. The predicted molar refractivity (Wildman–Crippen MR) is 39.1 cm³/mol. The van der Waals surface area contributed by atoms with E-state index in [0.29, 0.717) is 11.8 Å². The molecule has 6 nitrogen and oxygen atoms in total. The Labute approximate surface area is 66.2 Å². The number of nitrogens with zero attached hydrogens (tertiary/aromatic N) is 3. The Hall–Kier alpha value is -1.20. The Morgan fingerprint density at radius 3 is 2.73 bits per heavy atom. The highest BCUT2D eigenvalue weighted by Crippen LogP contribution is 2.00. The molecule has 0 amide bonds. The minimum atomic E-state index is -1.07.